The van der Waals surface area contributed by atoms with E-state index in [-0.39, 0.29) is 13.2 Å². The minimum absolute atomic E-state index is 0.195. The number of rotatable bonds is 8. The van der Waals surface area contributed by atoms with Crippen LogP contribution in [-0.2, 0) is 6.54 Å². The molecule has 0 heterocycles. The first-order chi connectivity index (χ1) is 13.2. The van der Waals surface area contributed by atoms with Crippen molar-refractivity contribution in [3.63, 3.8) is 0 Å². The van der Waals surface area contributed by atoms with Crippen LogP contribution in [0.15, 0.2) is 97.1 Å². The second-order valence-electron chi connectivity index (χ2n) is 6.70. The topological polar surface area (TPSA) is 43.3 Å². The summed E-state index contributed by atoms with van der Waals surface area (Å²) in [6.07, 6.45) is 3.88. The molecule has 0 saturated carbocycles. The van der Waals surface area contributed by atoms with Gasteiger partial charge in [-0.15, -0.1) is 0 Å². The van der Waals surface area contributed by atoms with E-state index in [2.05, 4.69) is 0 Å². The molecular formula is C24H25NO2. The van der Waals surface area contributed by atoms with Crippen LogP contribution in [0, 0.1) is 5.21 Å². The van der Waals surface area contributed by atoms with E-state index in [9.17, 15) is 10.3 Å². The van der Waals surface area contributed by atoms with Gasteiger partial charge in [0.05, 0.1) is 13.2 Å². The molecule has 3 heteroatoms. The van der Waals surface area contributed by atoms with Crippen LogP contribution in [0.1, 0.15) is 22.7 Å². The highest BCUT2D eigenvalue weighted by molar-refractivity contribution is 5.48. The maximum atomic E-state index is 13.9. The lowest BCUT2D eigenvalue weighted by molar-refractivity contribution is -0.919. The summed E-state index contributed by atoms with van der Waals surface area (Å²) in [4.78, 5) is 0. The standard InChI is InChI=1S/C24H25NO2/c26-20-24(23-16-8-3-9-17-23)25(27,19-22-13-6-2-7-14-22)18-10-15-21-11-4-1-5-12-21/h1-17,24,26H,18-20H2/b15-10+/t24-,25?/m0/s1. The van der Waals surface area contributed by atoms with Crippen molar-refractivity contribution in [2.45, 2.75) is 12.6 Å². The van der Waals surface area contributed by atoms with Gasteiger partial charge in [-0.3, -0.25) is 0 Å². The fraction of sp³-hybridized carbons (Fsp3) is 0.167. The molecule has 3 aromatic carbocycles. The minimum atomic E-state index is -0.535. The van der Waals surface area contributed by atoms with Gasteiger partial charge in [0, 0.05) is 11.1 Å². The second kappa shape index (κ2) is 9.28. The Hall–Kier alpha value is -2.72. The van der Waals surface area contributed by atoms with Crippen molar-refractivity contribution >= 4 is 6.08 Å². The van der Waals surface area contributed by atoms with Gasteiger partial charge in [0.1, 0.15) is 12.6 Å². The van der Waals surface area contributed by atoms with Crippen LogP contribution in [0.5, 0.6) is 0 Å². The molecule has 3 nitrogen and oxygen atoms in total. The zero-order chi connectivity index (χ0) is 19.0. The molecule has 0 aliphatic heterocycles. The Morgan fingerprint density at radius 2 is 1.37 bits per heavy atom. The van der Waals surface area contributed by atoms with Crippen molar-refractivity contribution in [3.05, 3.63) is 119 Å². The second-order valence-corrected chi connectivity index (χ2v) is 6.70. The molecule has 0 fully saturated rings. The molecule has 0 aliphatic carbocycles. The minimum Gasteiger partial charge on any atom is -0.632 e. The molecular weight excluding hydrogens is 334 g/mol. The number of hydrogen-bond acceptors (Lipinski definition) is 2. The van der Waals surface area contributed by atoms with E-state index in [0.29, 0.717) is 6.54 Å². The van der Waals surface area contributed by atoms with Gasteiger partial charge in [0.25, 0.3) is 0 Å². The average Bonchev–Trinajstić information content (AvgIpc) is 2.71. The molecule has 0 saturated heterocycles. The van der Waals surface area contributed by atoms with Crippen LogP contribution in [0.3, 0.4) is 0 Å². The lowest BCUT2D eigenvalue weighted by Gasteiger charge is -2.48. The van der Waals surface area contributed by atoms with E-state index >= 15 is 0 Å². The predicted octanol–water partition coefficient (Wildman–Crippen LogP) is 4.95. The molecule has 0 aromatic heterocycles. The summed E-state index contributed by atoms with van der Waals surface area (Å²) in [5, 5.41) is 24.0. The third-order valence-corrected chi connectivity index (χ3v) is 4.74. The number of nitrogens with zero attached hydrogens (tertiary/aromatic N) is 1. The predicted molar refractivity (Wildman–Crippen MR) is 110 cm³/mol. The van der Waals surface area contributed by atoms with Crippen LogP contribution in [-0.4, -0.2) is 22.9 Å². The van der Waals surface area contributed by atoms with Crippen LogP contribution in [0.4, 0.5) is 0 Å². The van der Waals surface area contributed by atoms with Crippen molar-refractivity contribution in [1.82, 2.24) is 0 Å². The third kappa shape index (κ3) is 5.14. The monoisotopic (exact) mass is 359 g/mol. The first kappa shape index (κ1) is 19.1. The van der Waals surface area contributed by atoms with Crippen molar-refractivity contribution in [2.24, 2.45) is 0 Å². The van der Waals surface area contributed by atoms with Gasteiger partial charge >= 0.3 is 0 Å². The molecule has 1 unspecified atom stereocenters. The van der Waals surface area contributed by atoms with Crippen LogP contribution in [0.25, 0.3) is 6.08 Å². The molecule has 0 amide bonds. The maximum Gasteiger partial charge on any atom is 0.138 e. The first-order valence-electron chi connectivity index (χ1n) is 9.20. The number of aliphatic hydroxyl groups excluding tert-OH is 1. The normalized spacial score (nSPS) is 14.7. The summed E-state index contributed by atoms with van der Waals surface area (Å²) in [5.41, 5.74) is 2.89. The number of benzene rings is 3. The number of aliphatic hydroxyl groups is 1. The largest absolute Gasteiger partial charge is 0.632 e. The first-order valence-corrected chi connectivity index (χ1v) is 9.20. The summed E-state index contributed by atoms with van der Waals surface area (Å²) < 4.78 is -0.534. The van der Waals surface area contributed by atoms with Gasteiger partial charge in [-0.2, -0.15) is 0 Å². The van der Waals surface area contributed by atoms with E-state index < -0.39 is 10.7 Å². The third-order valence-electron chi connectivity index (χ3n) is 4.74. The molecule has 3 aromatic rings. The van der Waals surface area contributed by atoms with Gasteiger partial charge < -0.3 is 15.0 Å². The van der Waals surface area contributed by atoms with Crippen molar-refractivity contribution in [3.8, 4) is 0 Å². The highest BCUT2D eigenvalue weighted by Crippen LogP contribution is 2.30. The molecule has 138 valence electrons. The summed E-state index contributed by atoms with van der Waals surface area (Å²) in [6.45, 7) is 0.392. The molecule has 2 atom stereocenters. The number of hydroxylamine groups is 3. The Balaban J connectivity index is 1.88. The van der Waals surface area contributed by atoms with Gasteiger partial charge in [0.2, 0.25) is 0 Å². The summed E-state index contributed by atoms with van der Waals surface area (Å²) in [6, 6.07) is 28.7. The van der Waals surface area contributed by atoms with Crippen LogP contribution < -0.4 is 0 Å². The summed E-state index contributed by atoms with van der Waals surface area (Å²) in [7, 11) is 0. The Labute approximate surface area is 161 Å². The highest BCUT2D eigenvalue weighted by Gasteiger charge is 2.29. The smallest absolute Gasteiger partial charge is 0.138 e. The van der Waals surface area contributed by atoms with Gasteiger partial charge in [-0.25, -0.2) is 0 Å². The van der Waals surface area contributed by atoms with E-state index in [1.165, 1.54) is 0 Å². The molecule has 0 bridgehead atoms. The number of hydrogen-bond donors (Lipinski definition) is 1. The molecule has 0 radical (unpaired) electrons. The molecule has 1 N–H and O–H groups in total. The van der Waals surface area contributed by atoms with E-state index in [4.69, 9.17) is 0 Å². The fourth-order valence-corrected chi connectivity index (χ4v) is 3.33. The van der Waals surface area contributed by atoms with Crippen LogP contribution in [0.2, 0.25) is 0 Å². The van der Waals surface area contributed by atoms with Crippen molar-refractivity contribution < 1.29 is 9.75 Å². The lowest BCUT2D eigenvalue weighted by atomic mass is 10.0. The molecule has 0 spiro atoms. The molecule has 27 heavy (non-hydrogen) atoms. The van der Waals surface area contributed by atoms with E-state index in [1.807, 2.05) is 103 Å². The maximum absolute atomic E-state index is 13.9. The Morgan fingerprint density at radius 1 is 0.815 bits per heavy atom. The van der Waals surface area contributed by atoms with Crippen molar-refractivity contribution in [2.75, 3.05) is 13.2 Å². The van der Waals surface area contributed by atoms with Crippen LogP contribution >= 0.6 is 0 Å². The average molecular weight is 359 g/mol. The zero-order valence-electron chi connectivity index (χ0n) is 15.3. The zero-order valence-corrected chi connectivity index (χ0v) is 15.3. The fourth-order valence-electron chi connectivity index (χ4n) is 3.33. The highest BCUT2D eigenvalue weighted by atomic mass is 16.5. The SMILES string of the molecule is [O-][N+](C/C=C/c1ccccc1)(Cc1ccccc1)[C@@H](CO)c1ccccc1. The van der Waals surface area contributed by atoms with Gasteiger partial charge in [0.15, 0.2) is 0 Å². The Bertz CT molecular complexity index is 834. The lowest BCUT2D eigenvalue weighted by Crippen LogP contribution is -2.46. The van der Waals surface area contributed by atoms with Crippen molar-refractivity contribution in [1.29, 1.82) is 0 Å². The number of quaternary nitrogens is 1. The van der Waals surface area contributed by atoms with E-state index in [1.54, 1.807) is 0 Å². The summed E-state index contributed by atoms with van der Waals surface area (Å²) in [5.74, 6) is 0. The summed E-state index contributed by atoms with van der Waals surface area (Å²) >= 11 is 0. The Morgan fingerprint density at radius 3 is 1.96 bits per heavy atom. The van der Waals surface area contributed by atoms with Gasteiger partial charge in [-0.1, -0.05) is 97.1 Å². The van der Waals surface area contributed by atoms with Gasteiger partial charge in [-0.05, 0) is 11.6 Å². The Kier molecular flexibility index (Phi) is 6.55. The molecule has 3 rings (SSSR count). The van der Waals surface area contributed by atoms with E-state index in [0.717, 1.165) is 16.7 Å². The quantitative estimate of drug-likeness (QED) is 0.457. The molecule has 0 aliphatic rings.